The monoisotopic (exact) mass is 213 g/mol. The number of H-pyrrole nitrogens is 1. The van der Waals surface area contributed by atoms with Crippen LogP contribution in [0.3, 0.4) is 0 Å². The van der Waals surface area contributed by atoms with Crippen molar-refractivity contribution in [2.24, 2.45) is 0 Å². The minimum absolute atomic E-state index is 0.0194. The fraction of sp³-hybridized carbons (Fsp3) is 0.214. The number of aromatic amines is 1. The zero-order valence-corrected chi connectivity index (χ0v) is 9.58. The molecule has 1 N–H and O–H groups in total. The molecule has 0 saturated heterocycles. The Bertz CT molecular complexity index is 540. The van der Waals surface area contributed by atoms with E-state index in [0.29, 0.717) is 0 Å². The van der Waals surface area contributed by atoms with Gasteiger partial charge in [-0.25, -0.2) is 0 Å². The molecule has 0 atom stereocenters. The van der Waals surface area contributed by atoms with Gasteiger partial charge >= 0.3 is 0 Å². The lowest BCUT2D eigenvalue weighted by molar-refractivity contribution is 1.01. The van der Waals surface area contributed by atoms with Gasteiger partial charge in [-0.1, -0.05) is 30.3 Å². The molecule has 2 rings (SSSR count). The Kier molecular flexibility index (Phi) is 2.91. The number of rotatable bonds is 2. The molecule has 2 nitrogen and oxygen atoms in total. The van der Waals surface area contributed by atoms with E-state index in [2.05, 4.69) is 17.1 Å². The average molecular weight is 213 g/mol. The lowest BCUT2D eigenvalue weighted by atomic mass is 10.1. The quantitative estimate of drug-likeness (QED) is 0.817. The topological polar surface area (TPSA) is 32.9 Å². The molecule has 1 aromatic carbocycles. The molecule has 1 aromatic heterocycles. The first-order chi connectivity index (χ1) is 7.66. The number of benzene rings is 1. The Labute approximate surface area is 95.0 Å². The highest BCUT2D eigenvalue weighted by atomic mass is 16.1. The minimum atomic E-state index is 0.0194. The zero-order valence-electron chi connectivity index (χ0n) is 9.58. The van der Waals surface area contributed by atoms with Crippen molar-refractivity contribution >= 4 is 0 Å². The largest absolute Gasteiger partial charge is 0.326 e. The number of hydrogen-bond acceptors (Lipinski definition) is 1. The van der Waals surface area contributed by atoms with Crippen molar-refractivity contribution in [3.63, 3.8) is 0 Å². The zero-order chi connectivity index (χ0) is 11.5. The van der Waals surface area contributed by atoms with Crippen molar-refractivity contribution in [1.82, 2.24) is 4.98 Å². The van der Waals surface area contributed by atoms with E-state index >= 15 is 0 Å². The van der Waals surface area contributed by atoms with Gasteiger partial charge in [0.25, 0.3) is 5.56 Å². The van der Waals surface area contributed by atoms with Gasteiger partial charge < -0.3 is 4.98 Å². The second kappa shape index (κ2) is 4.35. The summed E-state index contributed by atoms with van der Waals surface area (Å²) in [5.74, 6) is 0. The summed E-state index contributed by atoms with van der Waals surface area (Å²) < 4.78 is 0. The lowest BCUT2D eigenvalue weighted by Crippen LogP contribution is -2.13. The van der Waals surface area contributed by atoms with Crippen molar-refractivity contribution < 1.29 is 0 Å². The SMILES string of the molecule is Cc1cc(Cc2ccccc2)[nH]c(=O)c1C. The van der Waals surface area contributed by atoms with Crippen LogP contribution in [-0.2, 0) is 6.42 Å². The molecule has 0 fully saturated rings. The van der Waals surface area contributed by atoms with E-state index < -0.39 is 0 Å². The summed E-state index contributed by atoms with van der Waals surface area (Å²) in [7, 11) is 0. The highest BCUT2D eigenvalue weighted by Crippen LogP contribution is 2.08. The molecule has 0 radical (unpaired) electrons. The fourth-order valence-electron chi connectivity index (χ4n) is 1.74. The average Bonchev–Trinajstić information content (AvgIpc) is 2.27. The molecule has 0 saturated carbocycles. The molecule has 0 aliphatic carbocycles. The molecule has 0 bridgehead atoms. The van der Waals surface area contributed by atoms with Gasteiger partial charge in [0.2, 0.25) is 0 Å². The summed E-state index contributed by atoms with van der Waals surface area (Å²) >= 11 is 0. The van der Waals surface area contributed by atoms with E-state index in [1.165, 1.54) is 5.56 Å². The van der Waals surface area contributed by atoms with E-state index in [0.717, 1.165) is 23.2 Å². The summed E-state index contributed by atoms with van der Waals surface area (Å²) in [4.78, 5) is 14.5. The highest BCUT2D eigenvalue weighted by Gasteiger charge is 2.02. The molecule has 16 heavy (non-hydrogen) atoms. The van der Waals surface area contributed by atoms with Crippen LogP contribution in [0.15, 0.2) is 41.2 Å². The molecule has 82 valence electrons. The van der Waals surface area contributed by atoms with Gasteiger partial charge in [-0.05, 0) is 31.0 Å². The Hall–Kier alpha value is -1.83. The van der Waals surface area contributed by atoms with E-state index in [1.807, 2.05) is 38.1 Å². The van der Waals surface area contributed by atoms with Crippen LogP contribution >= 0.6 is 0 Å². The van der Waals surface area contributed by atoms with Crippen LogP contribution in [-0.4, -0.2) is 4.98 Å². The highest BCUT2D eigenvalue weighted by molar-refractivity contribution is 5.28. The fourth-order valence-corrected chi connectivity index (χ4v) is 1.74. The van der Waals surface area contributed by atoms with Gasteiger partial charge in [0.1, 0.15) is 0 Å². The standard InChI is InChI=1S/C14H15NO/c1-10-8-13(15-14(16)11(10)2)9-12-6-4-3-5-7-12/h3-8H,9H2,1-2H3,(H,15,16). The van der Waals surface area contributed by atoms with Crippen LogP contribution in [0.5, 0.6) is 0 Å². The smallest absolute Gasteiger partial charge is 0.251 e. The number of pyridine rings is 1. The van der Waals surface area contributed by atoms with Gasteiger partial charge in [-0.2, -0.15) is 0 Å². The summed E-state index contributed by atoms with van der Waals surface area (Å²) in [6, 6.07) is 12.2. The van der Waals surface area contributed by atoms with Crippen LogP contribution < -0.4 is 5.56 Å². The van der Waals surface area contributed by atoms with Gasteiger partial charge in [-0.15, -0.1) is 0 Å². The van der Waals surface area contributed by atoms with Crippen molar-refractivity contribution in [2.45, 2.75) is 20.3 Å². The molecule has 2 aromatic rings. The maximum Gasteiger partial charge on any atom is 0.251 e. The second-order valence-electron chi connectivity index (χ2n) is 4.09. The molecular formula is C14H15NO. The van der Waals surface area contributed by atoms with Crippen LogP contribution in [0.4, 0.5) is 0 Å². The van der Waals surface area contributed by atoms with Crippen LogP contribution in [0.25, 0.3) is 0 Å². The first-order valence-corrected chi connectivity index (χ1v) is 5.40. The maximum atomic E-state index is 11.6. The van der Waals surface area contributed by atoms with E-state index in [1.54, 1.807) is 0 Å². The lowest BCUT2D eigenvalue weighted by Gasteiger charge is -2.05. The molecule has 1 heterocycles. The third-order valence-corrected chi connectivity index (χ3v) is 2.83. The van der Waals surface area contributed by atoms with Gasteiger partial charge in [0.05, 0.1) is 0 Å². The predicted octanol–water partition coefficient (Wildman–Crippen LogP) is 2.58. The Morgan fingerprint density at radius 3 is 2.44 bits per heavy atom. The molecular weight excluding hydrogens is 198 g/mol. The first kappa shape index (κ1) is 10.7. The Balaban J connectivity index is 2.33. The Morgan fingerprint density at radius 1 is 1.12 bits per heavy atom. The molecule has 0 aliphatic rings. The summed E-state index contributed by atoms with van der Waals surface area (Å²) in [5, 5.41) is 0. The Morgan fingerprint density at radius 2 is 1.81 bits per heavy atom. The molecule has 0 unspecified atom stereocenters. The van der Waals surface area contributed by atoms with Crippen LogP contribution in [0.1, 0.15) is 22.4 Å². The first-order valence-electron chi connectivity index (χ1n) is 5.40. The van der Waals surface area contributed by atoms with Gasteiger partial charge in [0, 0.05) is 17.7 Å². The van der Waals surface area contributed by atoms with Crippen LogP contribution in [0, 0.1) is 13.8 Å². The summed E-state index contributed by atoms with van der Waals surface area (Å²) in [6.45, 7) is 3.82. The summed E-state index contributed by atoms with van der Waals surface area (Å²) in [5.41, 5.74) is 4.05. The normalized spacial score (nSPS) is 10.4. The molecule has 0 amide bonds. The minimum Gasteiger partial charge on any atom is -0.326 e. The van der Waals surface area contributed by atoms with Crippen molar-refractivity contribution in [3.8, 4) is 0 Å². The van der Waals surface area contributed by atoms with Gasteiger partial charge in [0.15, 0.2) is 0 Å². The van der Waals surface area contributed by atoms with Crippen LogP contribution in [0.2, 0.25) is 0 Å². The third kappa shape index (κ3) is 2.22. The molecule has 0 aliphatic heterocycles. The van der Waals surface area contributed by atoms with Crippen molar-refractivity contribution in [3.05, 3.63) is 69.1 Å². The van der Waals surface area contributed by atoms with Gasteiger partial charge in [-0.3, -0.25) is 4.79 Å². The predicted molar refractivity (Wildman–Crippen MR) is 65.8 cm³/mol. The number of nitrogens with one attached hydrogen (secondary N) is 1. The van der Waals surface area contributed by atoms with E-state index in [4.69, 9.17) is 0 Å². The molecule has 2 heteroatoms. The number of aryl methyl sites for hydroxylation is 1. The van der Waals surface area contributed by atoms with E-state index in [-0.39, 0.29) is 5.56 Å². The molecule has 0 spiro atoms. The maximum absolute atomic E-state index is 11.6. The third-order valence-electron chi connectivity index (χ3n) is 2.83. The van der Waals surface area contributed by atoms with E-state index in [9.17, 15) is 4.79 Å². The van der Waals surface area contributed by atoms with Crippen molar-refractivity contribution in [1.29, 1.82) is 0 Å². The number of aromatic nitrogens is 1. The number of hydrogen-bond donors (Lipinski definition) is 1. The summed E-state index contributed by atoms with van der Waals surface area (Å²) in [6.07, 6.45) is 0.775. The second-order valence-corrected chi connectivity index (χ2v) is 4.09. The van der Waals surface area contributed by atoms with Crippen molar-refractivity contribution in [2.75, 3.05) is 0 Å².